The molecular formula is C17H18N2. The molecule has 3 rings (SSSR count). The molecule has 2 heteroatoms. The Morgan fingerprint density at radius 1 is 1.05 bits per heavy atom. The molecule has 0 aliphatic carbocycles. The Labute approximate surface area is 114 Å². The van der Waals surface area contributed by atoms with E-state index in [0.717, 1.165) is 25.2 Å². The second-order valence-electron chi connectivity index (χ2n) is 4.81. The number of pyridine rings is 1. The molecule has 0 fully saturated rings. The number of rotatable bonds is 4. The van der Waals surface area contributed by atoms with E-state index in [1.165, 1.54) is 16.7 Å². The fourth-order valence-corrected chi connectivity index (χ4v) is 2.53. The van der Waals surface area contributed by atoms with Crippen LogP contribution in [0.15, 0.2) is 54.9 Å². The van der Waals surface area contributed by atoms with Gasteiger partial charge in [-0.15, -0.1) is 0 Å². The standard InChI is InChI=1S/C17H18N2/c1-2-15-10-13-19(17-16(15)8-11-18-17)12-9-14-6-4-3-5-7-14/h3-8,10-11,13H,2,9,12H2,1H3. The summed E-state index contributed by atoms with van der Waals surface area (Å²) in [6.45, 7) is 3.16. The molecule has 1 aromatic rings. The normalized spacial score (nSPS) is 11.0. The lowest BCUT2D eigenvalue weighted by Gasteiger charge is -2.14. The van der Waals surface area contributed by atoms with Crippen LogP contribution in [0, 0.1) is 0 Å². The second kappa shape index (κ2) is 5.27. The first-order chi connectivity index (χ1) is 9.38. The van der Waals surface area contributed by atoms with E-state index in [4.69, 9.17) is 0 Å². The molecule has 0 unspecified atom stereocenters. The SMILES string of the molecule is CCc1ccn(CCc2ccccc2)c2nccc1-2. The lowest BCUT2D eigenvalue weighted by molar-refractivity contribution is 0.687. The smallest absolute Gasteiger partial charge is 0.140 e. The monoisotopic (exact) mass is 250 g/mol. The van der Waals surface area contributed by atoms with E-state index in [1.807, 2.05) is 6.20 Å². The molecular weight excluding hydrogens is 232 g/mol. The Hall–Kier alpha value is -2.09. The zero-order valence-corrected chi connectivity index (χ0v) is 11.2. The number of aryl methyl sites for hydroxylation is 3. The van der Waals surface area contributed by atoms with E-state index in [2.05, 4.69) is 65.1 Å². The Morgan fingerprint density at radius 3 is 2.68 bits per heavy atom. The zero-order chi connectivity index (χ0) is 13.1. The highest BCUT2D eigenvalue weighted by Crippen LogP contribution is 2.25. The van der Waals surface area contributed by atoms with Crippen molar-refractivity contribution in [2.45, 2.75) is 26.3 Å². The third-order valence-corrected chi connectivity index (χ3v) is 3.62. The van der Waals surface area contributed by atoms with Gasteiger partial charge in [0.15, 0.2) is 0 Å². The molecule has 0 N–H and O–H groups in total. The Balaban J connectivity index is 1.84. The van der Waals surface area contributed by atoms with Gasteiger partial charge < -0.3 is 4.57 Å². The molecule has 0 spiro atoms. The molecule has 0 saturated carbocycles. The van der Waals surface area contributed by atoms with E-state index < -0.39 is 0 Å². The lowest BCUT2D eigenvalue weighted by atomic mass is 10.1. The summed E-state index contributed by atoms with van der Waals surface area (Å²) in [5, 5.41) is 0. The molecule has 2 aliphatic heterocycles. The van der Waals surface area contributed by atoms with Crippen LogP contribution in [0.3, 0.4) is 0 Å². The summed E-state index contributed by atoms with van der Waals surface area (Å²) in [5.74, 6) is 1.11. The number of fused-ring (bicyclic) bond motifs is 1. The topological polar surface area (TPSA) is 17.8 Å². The van der Waals surface area contributed by atoms with E-state index >= 15 is 0 Å². The van der Waals surface area contributed by atoms with Crippen LogP contribution in [0.5, 0.6) is 0 Å². The van der Waals surface area contributed by atoms with Crippen molar-refractivity contribution in [3.05, 3.63) is 66.0 Å². The molecule has 2 nitrogen and oxygen atoms in total. The molecule has 0 radical (unpaired) electrons. The number of aromatic nitrogens is 2. The van der Waals surface area contributed by atoms with Gasteiger partial charge >= 0.3 is 0 Å². The van der Waals surface area contributed by atoms with Crippen molar-refractivity contribution in [2.75, 3.05) is 0 Å². The molecule has 0 amide bonds. The number of hydrogen-bond donors (Lipinski definition) is 0. The van der Waals surface area contributed by atoms with Crippen LogP contribution in [-0.2, 0) is 19.4 Å². The van der Waals surface area contributed by atoms with Gasteiger partial charge in [-0.25, -0.2) is 4.98 Å². The summed E-state index contributed by atoms with van der Waals surface area (Å²) in [6, 6.07) is 14.9. The zero-order valence-electron chi connectivity index (χ0n) is 11.2. The third-order valence-electron chi connectivity index (χ3n) is 3.62. The van der Waals surface area contributed by atoms with Gasteiger partial charge in [0.05, 0.1) is 0 Å². The number of nitrogens with zero attached hydrogens (tertiary/aromatic N) is 2. The van der Waals surface area contributed by atoms with Gasteiger partial charge in [-0.05, 0) is 36.1 Å². The largest absolute Gasteiger partial charge is 0.332 e. The maximum atomic E-state index is 4.50. The number of benzene rings is 1. The Kier molecular flexibility index (Phi) is 3.32. The van der Waals surface area contributed by atoms with Crippen molar-refractivity contribution < 1.29 is 0 Å². The average Bonchev–Trinajstić information content (AvgIpc) is 2.95. The van der Waals surface area contributed by atoms with Crippen LogP contribution in [0.1, 0.15) is 18.1 Å². The van der Waals surface area contributed by atoms with Crippen LogP contribution >= 0.6 is 0 Å². The van der Waals surface area contributed by atoms with Crippen molar-refractivity contribution in [1.82, 2.24) is 9.55 Å². The Bertz CT molecular complexity index is 625. The quantitative estimate of drug-likeness (QED) is 0.688. The molecule has 0 saturated heterocycles. The van der Waals surface area contributed by atoms with Gasteiger partial charge in [-0.1, -0.05) is 37.3 Å². The van der Waals surface area contributed by atoms with E-state index in [-0.39, 0.29) is 0 Å². The van der Waals surface area contributed by atoms with Gasteiger partial charge in [-0.2, -0.15) is 0 Å². The molecule has 96 valence electrons. The fraction of sp³-hybridized carbons (Fsp3) is 0.235. The molecule has 2 heterocycles. The molecule has 0 atom stereocenters. The lowest BCUT2D eigenvalue weighted by Crippen LogP contribution is -2.07. The highest BCUT2D eigenvalue weighted by atomic mass is 15.0. The van der Waals surface area contributed by atoms with Crippen LogP contribution in [0.25, 0.3) is 11.4 Å². The molecule has 0 aromatic heterocycles. The summed E-state index contributed by atoms with van der Waals surface area (Å²) >= 11 is 0. The summed E-state index contributed by atoms with van der Waals surface area (Å²) in [4.78, 5) is 4.50. The van der Waals surface area contributed by atoms with Gasteiger partial charge in [0.25, 0.3) is 0 Å². The maximum absolute atomic E-state index is 4.50. The molecule has 0 bridgehead atoms. The van der Waals surface area contributed by atoms with E-state index in [0.29, 0.717) is 0 Å². The summed E-state index contributed by atoms with van der Waals surface area (Å²) in [7, 11) is 0. The minimum atomic E-state index is 0.974. The first-order valence-corrected chi connectivity index (χ1v) is 6.85. The van der Waals surface area contributed by atoms with Crippen LogP contribution in [0.4, 0.5) is 0 Å². The summed E-state index contributed by atoms with van der Waals surface area (Å²) in [5.41, 5.74) is 4.04. The van der Waals surface area contributed by atoms with Crippen molar-refractivity contribution in [3.8, 4) is 11.4 Å². The maximum Gasteiger partial charge on any atom is 0.140 e. The molecule has 19 heavy (non-hydrogen) atoms. The van der Waals surface area contributed by atoms with Crippen LogP contribution in [0.2, 0.25) is 0 Å². The molecule has 2 aliphatic rings. The van der Waals surface area contributed by atoms with Gasteiger partial charge in [0, 0.05) is 24.5 Å². The highest BCUT2D eigenvalue weighted by Gasteiger charge is 2.11. The van der Waals surface area contributed by atoms with Gasteiger partial charge in [-0.3, -0.25) is 0 Å². The molecule has 1 aromatic carbocycles. The van der Waals surface area contributed by atoms with Gasteiger partial charge in [0.2, 0.25) is 0 Å². The van der Waals surface area contributed by atoms with Crippen molar-refractivity contribution in [2.24, 2.45) is 0 Å². The first kappa shape index (κ1) is 12.0. The van der Waals surface area contributed by atoms with Gasteiger partial charge in [0.1, 0.15) is 5.82 Å². The van der Waals surface area contributed by atoms with Crippen molar-refractivity contribution >= 4 is 0 Å². The number of hydrogen-bond acceptors (Lipinski definition) is 1. The summed E-state index contributed by atoms with van der Waals surface area (Å²) < 4.78 is 2.25. The minimum absolute atomic E-state index is 0.974. The fourth-order valence-electron chi connectivity index (χ4n) is 2.53. The van der Waals surface area contributed by atoms with Crippen molar-refractivity contribution in [1.29, 1.82) is 0 Å². The van der Waals surface area contributed by atoms with Crippen LogP contribution in [-0.4, -0.2) is 9.55 Å². The minimum Gasteiger partial charge on any atom is -0.332 e. The summed E-state index contributed by atoms with van der Waals surface area (Å²) in [6.07, 6.45) is 6.17. The predicted molar refractivity (Wildman–Crippen MR) is 78.4 cm³/mol. The van der Waals surface area contributed by atoms with Crippen LogP contribution < -0.4 is 0 Å². The first-order valence-electron chi connectivity index (χ1n) is 6.85. The Morgan fingerprint density at radius 2 is 1.89 bits per heavy atom. The van der Waals surface area contributed by atoms with E-state index in [1.54, 1.807) is 0 Å². The average molecular weight is 250 g/mol. The highest BCUT2D eigenvalue weighted by molar-refractivity contribution is 5.62. The van der Waals surface area contributed by atoms with E-state index in [9.17, 15) is 0 Å². The third kappa shape index (κ3) is 2.39. The second-order valence-corrected chi connectivity index (χ2v) is 4.81. The predicted octanol–water partition coefficient (Wildman–Crippen LogP) is 3.79. The van der Waals surface area contributed by atoms with Crippen molar-refractivity contribution in [3.63, 3.8) is 0 Å².